The van der Waals surface area contributed by atoms with E-state index in [4.69, 9.17) is 16.2 Å². The van der Waals surface area contributed by atoms with Crippen LogP contribution in [-0.2, 0) is 7.05 Å². The molecule has 22 heavy (non-hydrogen) atoms. The van der Waals surface area contributed by atoms with E-state index in [9.17, 15) is 9.59 Å². The molecule has 0 unspecified atom stereocenters. The number of nitrogens with one attached hydrogen (secondary N) is 1. The van der Waals surface area contributed by atoms with Crippen LogP contribution in [0.15, 0.2) is 12.3 Å². The van der Waals surface area contributed by atoms with Crippen molar-refractivity contribution in [1.29, 1.82) is 0 Å². The minimum absolute atomic E-state index is 0.0988. The number of methoxy groups -OCH3 is 1. The van der Waals surface area contributed by atoms with E-state index in [-0.39, 0.29) is 22.8 Å². The van der Waals surface area contributed by atoms with Crippen LogP contribution >= 0.6 is 0 Å². The van der Waals surface area contributed by atoms with Gasteiger partial charge in [0.25, 0.3) is 11.8 Å². The third kappa shape index (κ3) is 2.68. The zero-order chi connectivity index (χ0) is 16.4. The molecule has 9 nitrogen and oxygen atoms in total. The van der Waals surface area contributed by atoms with Gasteiger partial charge < -0.3 is 21.5 Å². The van der Waals surface area contributed by atoms with Crippen LogP contribution in [0.25, 0.3) is 0 Å². The van der Waals surface area contributed by atoms with Gasteiger partial charge in [0.2, 0.25) is 5.88 Å². The summed E-state index contributed by atoms with van der Waals surface area (Å²) in [6.07, 6.45) is 1.37. The molecule has 2 rings (SSSR count). The lowest BCUT2D eigenvalue weighted by atomic mass is 10.2. The molecule has 2 aromatic heterocycles. The normalized spacial score (nSPS) is 10.3. The predicted molar refractivity (Wildman–Crippen MR) is 79.6 cm³/mol. The highest BCUT2D eigenvalue weighted by Crippen LogP contribution is 2.23. The van der Waals surface area contributed by atoms with Crippen molar-refractivity contribution in [3.63, 3.8) is 0 Å². The van der Waals surface area contributed by atoms with Crippen LogP contribution in [0.4, 0.5) is 11.4 Å². The lowest BCUT2D eigenvalue weighted by Crippen LogP contribution is -2.21. The smallest absolute Gasteiger partial charge is 0.269 e. The summed E-state index contributed by atoms with van der Waals surface area (Å²) in [5.41, 5.74) is 12.2. The fourth-order valence-corrected chi connectivity index (χ4v) is 2.07. The average molecular weight is 304 g/mol. The van der Waals surface area contributed by atoms with E-state index < -0.39 is 11.8 Å². The molecular weight excluding hydrogens is 288 g/mol. The largest absolute Gasteiger partial charge is 0.480 e. The molecule has 2 heterocycles. The Morgan fingerprint density at radius 3 is 2.68 bits per heavy atom. The molecule has 9 heteroatoms. The Balaban J connectivity index is 2.42. The minimum Gasteiger partial charge on any atom is -0.480 e. The Hall–Kier alpha value is -3.10. The van der Waals surface area contributed by atoms with Crippen LogP contribution in [0.1, 0.15) is 26.5 Å². The molecule has 0 aliphatic rings. The summed E-state index contributed by atoms with van der Waals surface area (Å²) in [5.74, 6) is -1.11. The van der Waals surface area contributed by atoms with Gasteiger partial charge in [-0.3, -0.25) is 14.3 Å². The lowest BCUT2D eigenvalue weighted by Gasteiger charge is -2.09. The first-order valence-electron chi connectivity index (χ1n) is 6.29. The second-order valence-electron chi connectivity index (χ2n) is 4.58. The van der Waals surface area contributed by atoms with Crippen molar-refractivity contribution < 1.29 is 14.3 Å². The fourth-order valence-electron chi connectivity index (χ4n) is 2.07. The van der Waals surface area contributed by atoms with Gasteiger partial charge in [0.05, 0.1) is 30.4 Å². The molecule has 0 aliphatic carbocycles. The van der Waals surface area contributed by atoms with Crippen molar-refractivity contribution in [2.75, 3.05) is 18.2 Å². The molecule has 0 atom stereocenters. The molecule has 0 radical (unpaired) electrons. The molecule has 0 bridgehead atoms. The Kier molecular flexibility index (Phi) is 3.97. The first kappa shape index (κ1) is 15.3. The van der Waals surface area contributed by atoms with Crippen LogP contribution in [0.5, 0.6) is 5.88 Å². The van der Waals surface area contributed by atoms with Crippen molar-refractivity contribution >= 4 is 23.2 Å². The summed E-state index contributed by atoms with van der Waals surface area (Å²) >= 11 is 0. The van der Waals surface area contributed by atoms with Gasteiger partial charge in [-0.1, -0.05) is 0 Å². The van der Waals surface area contributed by atoms with Gasteiger partial charge in [-0.05, 0) is 13.0 Å². The van der Waals surface area contributed by atoms with Gasteiger partial charge in [0.1, 0.15) is 11.3 Å². The maximum absolute atomic E-state index is 12.4. The number of hydrogen-bond acceptors (Lipinski definition) is 6. The highest BCUT2D eigenvalue weighted by molar-refractivity contribution is 6.09. The van der Waals surface area contributed by atoms with E-state index in [0.29, 0.717) is 11.4 Å². The number of ether oxygens (including phenoxy) is 1. The number of carbonyl (C=O) groups is 2. The standard InChI is InChI=1S/C13H16N6O3/c1-6-9(10(11(15)20)19(2)18-6)17-12(21)8-4-7(14)5-16-13(8)22-3/h4-5H,14H2,1-3H3,(H2,15,20)(H,17,21). The number of rotatable bonds is 4. The van der Waals surface area contributed by atoms with E-state index in [0.717, 1.165) is 0 Å². The van der Waals surface area contributed by atoms with Crippen LogP contribution in [0.2, 0.25) is 0 Å². The Bertz CT molecular complexity index is 752. The summed E-state index contributed by atoms with van der Waals surface area (Å²) in [4.78, 5) is 27.8. The summed E-state index contributed by atoms with van der Waals surface area (Å²) in [7, 11) is 2.95. The van der Waals surface area contributed by atoms with Crippen molar-refractivity contribution in [1.82, 2.24) is 14.8 Å². The van der Waals surface area contributed by atoms with Crippen molar-refractivity contribution in [3.8, 4) is 5.88 Å². The molecule has 0 aromatic carbocycles. The SMILES string of the molecule is COc1ncc(N)cc1C(=O)Nc1c(C)nn(C)c1C(N)=O. The number of anilines is 2. The predicted octanol–water partition coefficient (Wildman–Crippen LogP) is 0.0655. The molecule has 116 valence electrons. The molecule has 0 fully saturated rings. The minimum atomic E-state index is -0.698. The summed E-state index contributed by atoms with van der Waals surface area (Å²) < 4.78 is 6.34. The molecule has 0 saturated carbocycles. The molecule has 5 N–H and O–H groups in total. The Morgan fingerprint density at radius 1 is 1.41 bits per heavy atom. The first-order chi connectivity index (χ1) is 10.3. The fraction of sp³-hybridized carbons (Fsp3) is 0.231. The number of nitrogen functional groups attached to an aromatic ring is 1. The molecule has 2 aromatic rings. The number of nitrogens with two attached hydrogens (primary N) is 2. The second-order valence-corrected chi connectivity index (χ2v) is 4.58. The van der Waals surface area contributed by atoms with Crippen molar-refractivity contribution in [2.24, 2.45) is 12.8 Å². The van der Waals surface area contributed by atoms with E-state index in [1.54, 1.807) is 14.0 Å². The van der Waals surface area contributed by atoms with E-state index in [1.165, 1.54) is 24.1 Å². The topological polar surface area (TPSA) is 138 Å². The number of primary amides is 1. The van der Waals surface area contributed by atoms with E-state index in [2.05, 4.69) is 15.4 Å². The molecule has 0 aliphatic heterocycles. The number of aromatic nitrogens is 3. The maximum Gasteiger partial charge on any atom is 0.269 e. The summed E-state index contributed by atoms with van der Waals surface area (Å²) in [6, 6.07) is 1.43. The Labute approximate surface area is 126 Å². The lowest BCUT2D eigenvalue weighted by molar-refractivity contribution is 0.0992. The molecular formula is C13H16N6O3. The van der Waals surface area contributed by atoms with Crippen LogP contribution in [0.3, 0.4) is 0 Å². The van der Waals surface area contributed by atoms with Crippen LogP contribution in [0, 0.1) is 6.92 Å². The van der Waals surface area contributed by atoms with Crippen molar-refractivity contribution in [2.45, 2.75) is 6.92 Å². The molecule has 0 spiro atoms. The second kappa shape index (κ2) is 5.72. The van der Waals surface area contributed by atoms with Crippen LogP contribution < -0.4 is 21.5 Å². The zero-order valence-corrected chi connectivity index (χ0v) is 12.4. The maximum atomic E-state index is 12.4. The van der Waals surface area contributed by atoms with Gasteiger partial charge in [0.15, 0.2) is 0 Å². The van der Waals surface area contributed by atoms with Gasteiger partial charge >= 0.3 is 0 Å². The monoisotopic (exact) mass is 304 g/mol. The van der Waals surface area contributed by atoms with Gasteiger partial charge in [-0.15, -0.1) is 0 Å². The van der Waals surface area contributed by atoms with Gasteiger partial charge in [-0.25, -0.2) is 4.98 Å². The first-order valence-corrected chi connectivity index (χ1v) is 6.29. The number of hydrogen-bond donors (Lipinski definition) is 3. The third-order valence-electron chi connectivity index (χ3n) is 3.00. The highest BCUT2D eigenvalue weighted by atomic mass is 16.5. The highest BCUT2D eigenvalue weighted by Gasteiger charge is 2.22. The number of nitrogens with zero attached hydrogens (tertiary/aromatic N) is 3. The number of pyridine rings is 1. The molecule has 2 amide bonds. The van der Waals surface area contributed by atoms with Crippen molar-refractivity contribution in [3.05, 3.63) is 29.2 Å². The van der Waals surface area contributed by atoms with Gasteiger partial charge in [-0.2, -0.15) is 5.10 Å². The van der Waals surface area contributed by atoms with Gasteiger partial charge in [0, 0.05) is 7.05 Å². The number of aryl methyl sites for hydroxylation is 2. The Morgan fingerprint density at radius 2 is 2.09 bits per heavy atom. The summed E-state index contributed by atoms with van der Waals surface area (Å²) in [5, 5.41) is 6.67. The third-order valence-corrected chi connectivity index (χ3v) is 3.00. The van der Waals surface area contributed by atoms with Crippen LogP contribution in [-0.4, -0.2) is 33.7 Å². The van der Waals surface area contributed by atoms with E-state index >= 15 is 0 Å². The zero-order valence-electron chi connectivity index (χ0n) is 12.4. The quantitative estimate of drug-likeness (QED) is 0.730. The number of carbonyl (C=O) groups excluding carboxylic acids is 2. The van der Waals surface area contributed by atoms with E-state index in [1.807, 2.05) is 0 Å². The molecule has 0 saturated heterocycles. The summed E-state index contributed by atoms with van der Waals surface area (Å²) in [6.45, 7) is 1.65. The number of amides is 2. The average Bonchev–Trinajstić information content (AvgIpc) is 2.73.